The predicted molar refractivity (Wildman–Crippen MR) is 62.8 cm³/mol. The second-order valence-electron chi connectivity index (χ2n) is 6.52. The highest BCUT2D eigenvalue weighted by Crippen LogP contribution is 2.48. The van der Waals surface area contributed by atoms with E-state index in [1.807, 2.05) is 20.8 Å². The molecule has 0 aromatic rings. The van der Waals surface area contributed by atoms with Crippen LogP contribution in [0.1, 0.15) is 52.9 Å². The van der Waals surface area contributed by atoms with Crippen molar-refractivity contribution in [2.24, 2.45) is 17.6 Å². The van der Waals surface area contributed by atoms with E-state index in [1.54, 1.807) is 0 Å². The van der Waals surface area contributed by atoms with E-state index in [0.717, 1.165) is 18.8 Å². The third kappa shape index (κ3) is 2.24. The number of ether oxygens (including phenoxy) is 1. The Labute approximate surface area is 97.7 Å². The van der Waals surface area contributed by atoms with Crippen molar-refractivity contribution in [1.29, 1.82) is 0 Å². The summed E-state index contributed by atoms with van der Waals surface area (Å²) in [6.45, 7) is 5.66. The fourth-order valence-electron chi connectivity index (χ4n) is 2.67. The molecule has 0 aromatic heterocycles. The maximum atomic E-state index is 11.9. The Hall–Kier alpha value is -0.570. The van der Waals surface area contributed by atoms with Crippen LogP contribution in [0.25, 0.3) is 0 Å². The molecule has 0 aromatic carbocycles. The molecule has 2 aliphatic carbocycles. The Kier molecular flexibility index (Phi) is 2.77. The van der Waals surface area contributed by atoms with Gasteiger partial charge in [-0.05, 0) is 45.4 Å². The van der Waals surface area contributed by atoms with E-state index >= 15 is 0 Å². The molecular formula is C13H23NO2. The molecule has 3 heteroatoms. The summed E-state index contributed by atoms with van der Waals surface area (Å²) in [7, 11) is 0. The Bertz CT molecular complexity index is 283. The molecule has 16 heavy (non-hydrogen) atoms. The molecule has 0 radical (unpaired) electrons. The maximum Gasteiger partial charge on any atom is 0.326 e. The molecule has 0 heterocycles. The Morgan fingerprint density at radius 3 is 2.19 bits per heavy atom. The zero-order valence-electron chi connectivity index (χ0n) is 10.6. The first-order chi connectivity index (χ1) is 7.30. The van der Waals surface area contributed by atoms with E-state index in [1.165, 1.54) is 19.3 Å². The Balaban J connectivity index is 1.84. The van der Waals surface area contributed by atoms with E-state index in [-0.39, 0.29) is 5.97 Å². The maximum absolute atomic E-state index is 11.9. The molecule has 0 aliphatic heterocycles. The highest BCUT2D eigenvalue weighted by molar-refractivity contribution is 5.82. The highest BCUT2D eigenvalue weighted by atomic mass is 16.6. The van der Waals surface area contributed by atoms with Gasteiger partial charge in [-0.3, -0.25) is 4.79 Å². The number of rotatable bonds is 2. The van der Waals surface area contributed by atoms with E-state index in [4.69, 9.17) is 10.5 Å². The SMILES string of the molecule is CC(C)(C)OC(=O)C1(N)CC(C2CCC2)C1. The summed E-state index contributed by atoms with van der Waals surface area (Å²) >= 11 is 0. The van der Waals surface area contributed by atoms with E-state index in [2.05, 4.69) is 0 Å². The van der Waals surface area contributed by atoms with Crippen molar-refractivity contribution in [2.45, 2.75) is 64.0 Å². The topological polar surface area (TPSA) is 52.3 Å². The van der Waals surface area contributed by atoms with Crippen molar-refractivity contribution in [3.05, 3.63) is 0 Å². The largest absolute Gasteiger partial charge is 0.459 e. The third-order valence-corrected chi connectivity index (χ3v) is 3.87. The minimum atomic E-state index is -0.687. The summed E-state index contributed by atoms with van der Waals surface area (Å²) in [5.74, 6) is 1.29. The summed E-state index contributed by atoms with van der Waals surface area (Å²) in [5, 5.41) is 0. The molecule has 0 saturated heterocycles. The van der Waals surface area contributed by atoms with Gasteiger partial charge in [0.1, 0.15) is 11.1 Å². The van der Waals surface area contributed by atoms with Gasteiger partial charge in [0.25, 0.3) is 0 Å². The van der Waals surface area contributed by atoms with Gasteiger partial charge in [0.15, 0.2) is 0 Å². The van der Waals surface area contributed by atoms with Gasteiger partial charge in [-0.2, -0.15) is 0 Å². The van der Waals surface area contributed by atoms with Crippen molar-refractivity contribution >= 4 is 5.97 Å². The lowest BCUT2D eigenvalue weighted by Crippen LogP contribution is -2.61. The van der Waals surface area contributed by atoms with Crippen LogP contribution in [0.5, 0.6) is 0 Å². The molecule has 92 valence electrons. The molecule has 2 aliphatic rings. The van der Waals surface area contributed by atoms with Crippen molar-refractivity contribution in [1.82, 2.24) is 0 Å². The van der Waals surface area contributed by atoms with Gasteiger partial charge in [0.05, 0.1) is 0 Å². The van der Waals surface area contributed by atoms with Gasteiger partial charge in [-0.25, -0.2) is 0 Å². The van der Waals surface area contributed by atoms with Gasteiger partial charge >= 0.3 is 5.97 Å². The summed E-state index contributed by atoms with van der Waals surface area (Å²) in [6, 6.07) is 0. The summed E-state index contributed by atoms with van der Waals surface area (Å²) in [4.78, 5) is 11.9. The second-order valence-corrected chi connectivity index (χ2v) is 6.52. The first kappa shape index (κ1) is 11.9. The molecule has 0 amide bonds. The fourth-order valence-corrected chi connectivity index (χ4v) is 2.67. The van der Waals surface area contributed by atoms with Gasteiger partial charge in [-0.15, -0.1) is 0 Å². The lowest BCUT2D eigenvalue weighted by atomic mass is 9.59. The van der Waals surface area contributed by atoms with Crippen LogP contribution in [0.3, 0.4) is 0 Å². The fraction of sp³-hybridized carbons (Fsp3) is 0.923. The van der Waals surface area contributed by atoms with Crippen LogP contribution in [0.2, 0.25) is 0 Å². The van der Waals surface area contributed by atoms with Gasteiger partial charge in [0, 0.05) is 0 Å². The molecule has 2 fully saturated rings. The van der Waals surface area contributed by atoms with Crippen LogP contribution in [0.4, 0.5) is 0 Å². The minimum Gasteiger partial charge on any atom is -0.459 e. The summed E-state index contributed by atoms with van der Waals surface area (Å²) < 4.78 is 5.36. The van der Waals surface area contributed by atoms with Crippen LogP contribution in [0.15, 0.2) is 0 Å². The Morgan fingerprint density at radius 1 is 1.25 bits per heavy atom. The van der Waals surface area contributed by atoms with Gasteiger partial charge in [0.2, 0.25) is 0 Å². The van der Waals surface area contributed by atoms with E-state index < -0.39 is 11.1 Å². The minimum absolute atomic E-state index is 0.212. The molecule has 0 unspecified atom stereocenters. The first-order valence-corrected chi connectivity index (χ1v) is 6.32. The monoisotopic (exact) mass is 225 g/mol. The molecule has 2 rings (SSSR count). The molecule has 3 nitrogen and oxygen atoms in total. The average molecular weight is 225 g/mol. The van der Waals surface area contributed by atoms with Crippen LogP contribution in [0, 0.1) is 11.8 Å². The number of esters is 1. The standard InChI is InChI=1S/C13H23NO2/c1-12(2,3)16-11(15)13(14)7-10(8-13)9-5-4-6-9/h9-10H,4-8,14H2,1-3H3. The van der Waals surface area contributed by atoms with Gasteiger partial charge < -0.3 is 10.5 Å². The van der Waals surface area contributed by atoms with E-state index in [0.29, 0.717) is 5.92 Å². The summed E-state index contributed by atoms with van der Waals surface area (Å²) in [6.07, 6.45) is 5.66. The number of hydrogen-bond acceptors (Lipinski definition) is 3. The quantitative estimate of drug-likeness (QED) is 0.733. The summed E-state index contributed by atoms with van der Waals surface area (Å²) in [5.41, 5.74) is 4.97. The molecule has 2 N–H and O–H groups in total. The van der Waals surface area contributed by atoms with Crippen LogP contribution < -0.4 is 5.73 Å². The molecule has 0 bridgehead atoms. The predicted octanol–water partition coefficient (Wildman–Crippen LogP) is 2.24. The zero-order chi connectivity index (χ0) is 12.0. The molecule has 0 spiro atoms. The number of nitrogens with two attached hydrogens (primary N) is 1. The normalized spacial score (nSPS) is 35.1. The van der Waals surface area contributed by atoms with Crippen molar-refractivity contribution in [2.75, 3.05) is 0 Å². The van der Waals surface area contributed by atoms with Crippen molar-refractivity contribution < 1.29 is 9.53 Å². The van der Waals surface area contributed by atoms with E-state index in [9.17, 15) is 4.79 Å². The van der Waals surface area contributed by atoms with Crippen LogP contribution in [-0.4, -0.2) is 17.1 Å². The van der Waals surface area contributed by atoms with Crippen LogP contribution in [-0.2, 0) is 9.53 Å². The third-order valence-electron chi connectivity index (χ3n) is 3.87. The average Bonchev–Trinajstić information content (AvgIpc) is 1.94. The van der Waals surface area contributed by atoms with Crippen LogP contribution >= 0.6 is 0 Å². The lowest BCUT2D eigenvalue weighted by molar-refractivity contribution is -0.169. The lowest BCUT2D eigenvalue weighted by Gasteiger charge is -2.49. The van der Waals surface area contributed by atoms with Crippen molar-refractivity contribution in [3.8, 4) is 0 Å². The zero-order valence-corrected chi connectivity index (χ0v) is 10.6. The molecule has 2 saturated carbocycles. The molecular weight excluding hydrogens is 202 g/mol. The Morgan fingerprint density at radius 2 is 1.81 bits per heavy atom. The smallest absolute Gasteiger partial charge is 0.326 e. The highest BCUT2D eigenvalue weighted by Gasteiger charge is 2.52. The number of carbonyl (C=O) groups excluding carboxylic acids is 1. The number of carbonyl (C=O) groups is 1. The molecule has 0 atom stereocenters. The first-order valence-electron chi connectivity index (χ1n) is 6.32. The van der Waals surface area contributed by atoms with Crippen molar-refractivity contribution in [3.63, 3.8) is 0 Å². The number of hydrogen-bond donors (Lipinski definition) is 1. The van der Waals surface area contributed by atoms with Gasteiger partial charge in [-0.1, -0.05) is 19.3 Å². The second kappa shape index (κ2) is 3.73.